The third-order valence-electron chi connectivity index (χ3n) is 5.22. The van der Waals surface area contributed by atoms with Gasteiger partial charge in [0.2, 0.25) is 10.0 Å². The lowest BCUT2D eigenvalue weighted by atomic mass is 9.94. The molecule has 2 atom stereocenters. The molecule has 1 aliphatic heterocycles. The number of rotatable bonds is 5. The topological polar surface area (TPSA) is 70.8 Å². The molecule has 1 amide bonds. The first-order chi connectivity index (χ1) is 12.8. The minimum atomic E-state index is -3.56. The predicted octanol–water partition coefficient (Wildman–Crippen LogP) is 3.58. The molecule has 3 rings (SSSR count). The molecule has 7 heteroatoms. The van der Waals surface area contributed by atoms with Gasteiger partial charge in [0.25, 0.3) is 5.91 Å². The number of amides is 1. The summed E-state index contributed by atoms with van der Waals surface area (Å²) in [6.45, 7) is 10.3. The van der Waals surface area contributed by atoms with Gasteiger partial charge in [-0.3, -0.25) is 4.79 Å². The van der Waals surface area contributed by atoms with Crippen LogP contribution in [0.15, 0.2) is 33.6 Å². The number of piperidine rings is 1. The highest BCUT2D eigenvalue weighted by atomic mass is 32.2. The van der Waals surface area contributed by atoms with Gasteiger partial charge in [0.1, 0.15) is 5.58 Å². The van der Waals surface area contributed by atoms with E-state index >= 15 is 0 Å². The number of fused-ring (bicyclic) bond motifs is 1. The van der Waals surface area contributed by atoms with Crippen LogP contribution < -0.4 is 0 Å². The summed E-state index contributed by atoms with van der Waals surface area (Å²) in [7, 11) is -3.56. The maximum Gasteiger partial charge on any atom is 0.289 e. The maximum absolute atomic E-state index is 13.1. The van der Waals surface area contributed by atoms with Crippen LogP contribution >= 0.6 is 0 Å². The number of sulfonamides is 1. The quantitative estimate of drug-likeness (QED) is 0.780. The molecule has 1 aromatic carbocycles. The van der Waals surface area contributed by atoms with Crippen LogP contribution in [0.2, 0.25) is 0 Å². The average Bonchev–Trinajstić information content (AvgIpc) is 3.05. The molecule has 1 fully saturated rings. The highest BCUT2D eigenvalue weighted by Gasteiger charge is 2.32. The average molecular weight is 393 g/mol. The van der Waals surface area contributed by atoms with Gasteiger partial charge < -0.3 is 9.32 Å². The summed E-state index contributed by atoms with van der Waals surface area (Å²) in [6.07, 6.45) is 1.05. The van der Waals surface area contributed by atoms with Crippen molar-refractivity contribution in [3.05, 3.63) is 30.0 Å². The van der Waals surface area contributed by atoms with Gasteiger partial charge >= 0.3 is 0 Å². The standard InChI is InChI=1S/C20H28N2O4S/c1-5-21(6-2)20(23)19-11-16-10-17(7-8-18(16)26-19)27(24,25)22-12-14(3)9-15(4)13-22/h7-8,10-11,14-15H,5-6,9,12-13H2,1-4H3. The lowest BCUT2D eigenvalue weighted by molar-refractivity contribution is 0.0743. The van der Waals surface area contributed by atoms with Gasteiger partial charge in [-0.1, -0.05) is 13.8 Å². The fourth-order valence-corrected chi connectivity index (χ4v) is 5.62. The fraction of sp³-hybridized carbons (Fsp3) is 0.550. The second-order valence-corrected chi connectivity index (χ2v) is 9.49. The zero-order valence-electron chi connectivity index (χ0n) is 16.4. The normalized spacial score (nSPS) is 21.5. The minimum absolute atomic E-state index is 0.181. The molecule has 0 radical (unpaired) electrons. The summed E-state index contributed by atoms with van der Waals surface area (Å²) in [5.74, 6) is 0.752. The first kappa shape index (κ1) is 19.9. The molecule has 0 bridgehead atoms. The second kappa shape index (κ2) is 7.64. The van der Waals surface area contributed by atoms with E-state index in [2.05, 4.69) is 13.8 Å². The smallest absolute Gasteiger partial charge is 0.289 e. The highest BCUT2D eigenvalue weighted by molar-refractivity contribution is 7.89. The molecular weight excluding hydrogens is 364 g/mol. The number of furan rings is 1. The van der Waals surface area contributed by atoms with Gasteiger partial charge in [-0.05, 0) is 56.4 Å². The van der Waals surface area contributed by atoms with Crippen molar-refractivity contribution in [2.45, 2.75) is 39.0 Å². The highest BCUT2D eigenvalue weighted by Crippen LogP contribution is 2.29. The van der Waals surface area contributed by atoms with Crippen LogP contribution in [0.1, 0.15) is 44.7 Å². The Bertz CT molecular complexity index is 921. The Kier molecular flexibility index (Phi) is 5.63. The third-order valence-corrected chi connectivity index (χ3v) is 7.05. The minimum Gasteiger partial charge on any atom is -0.451 e. The van der Waals surface area contributed by atoms with Crippen molar-refractivity contribution in [2.24, 2.45) is 11.8 Å². The van der Waals surface area contributed by atoms with Gasteiger partial charge in [0.05, 0.1) is 4.90 Å². The maximum atomic E-state index is 13.1. The first-order valence-corrected chi connectivity index (χ1v) is 11.0. The van der Waals surface area contributed by atoms with E-state index in [1.54, 1.807) is 33.5 Å². The van der Waals surface area contributed by atoms with E-state index in [1.165, 1.54) is 0 Å². The van der Waals surface area contributed by atoms with Gasteiger partial charge in [-0.2, -0.15) is 4.31 Å². The van der Waals surface area contributed by atoms with Gasteiger partial charge in [0, 0.05) is 31.6 Å². The van der Waals surface area contributed by atoms with E-state index in [0.29, 0.717) is 49.0 Å². The summed E-state index contributed by atoms with van der Waals surface area (Å²) in [4.78, 5) is 14.4. The van der Waals surface area contributed by atoms with Crippen molar-refractivity contribution >= 4 is 26.9 Å². The largest absolute Gasteiger partial charge is 0.451 e. The summed E-state index contributed by atoms with van der Waals surface area (Å²) in [6, 6.07) is 6.45. The van der Waals surface area contributed by atoms with E-state index in [-0.39, 0.29) is 16.6 Å². The Morgan fingerprint density at radius 1 is 1.15 bits per heavy atom. The molecule has 2 heterocycles. The molecule has 1 aliphatic rings. The van der Waals surface area contributed by atoms with E-state index < -0.39 is 10.0 Å². The summed E-state index contributed by atoms with van der Waals surface area (Å²) in [5, 5.41) is 0.629. The molecule has 1 saturated heterocycles. The zero-order chi connectivity index (χ0) is 19.8. The Labute approximate surface area is 161 Å². The van der Waals surface area contributed by atoms with E-state index in [1.807, 2.05) is 13.8 Å². The van der Waals surface area contributed by atoms with E-state index in [9.17, 15) is 13.2 Å². The Morgan fingerprint density at radius 2 is 1.78 bits per heavy atom. The van der Waals surface area contributed by atoms with Gasteiger partial charge in [-0.15, -0.1) is 0 Å². The van der Waals surface area contributed by atoms with Crippen molar-refractivity contribution in [3.63, 3.8) is 0 Å². The van der Waals surface area contributed by atoms with Crippen molar-refractivity contribution in [1.29, 1.82) is 0 Å². The fourth-order valence-electron chi connectivity index (χ4n) is 3.91. The Balaban J connectivity index is 1.93. The van der Waals surface area contributed by atoms with Crippen molar-refractivity contribution in [3.8, 4) is 0 Å². The molecule has 2 aromatic rings. The van der Waals surface area contributed by atoms with Crippen molar-refractivity contribution in [1.82, 2.24) is 9.21 Å². The number of benzene rings is 1. The SMILES string of the molecule is CCN(CC)C(=O)c1cc2cc(S(=O)(=O)N3CC(C)CC(C)C3)ccc2o1. The van der Waals surface area contributed by atoms with Crippen LogP contribution in [0, 0.1) is 11.8 Å². The number of hydrogen-bond donors (Lipinski definition) is 0. The molecule has 6 nitrogen and oxygen atoms in total. The van der Waals surface area contributed by atoms with Crippen LogP contribution in [-0.2, 0) is 10.0 Å². The number of hydrogen-bond acceptors (Lipinski definition) is 4. The van der Waals surface area contributed by atoms with Gasteiger partial charge in [0.15, 0.2) is 5.76 Å². The van der Waals surface area contributed by atoms with E-state index in [0.717, 1.165) is 6.42 Å². The third kappa shape index (κ3) is 3.89. The molecule has 0 spiro atoms. The van der Waals surface area contributed by atoms with E-state index in [4.69, 9.17) is 4.42 Å². The molecule has 0 aliphatic carbocycles. The molecular formula is C20H28N2O4S. The first-order valence-electron chi connectivity index (χ1n) is 9.59. The molecule has 27 heavy (non-hydrogen) atoms. The van der Waals surface area contributed by atoms with Crippen LogP contribution in [0.3, 0.4) is 0 Å². The predicted molar refractivity (Wildman–Crippen MR) is 105 cm³/mol. The number of nitrogens with zero attached hydrogens (tertiary/aromatic N) is 2. The van der Waals surface area contributed by atoms with Crippen molar-refractivity contribution in [2.75, 3.05) is 26.2 Å². The molecule has 148 valence electrons. The summed E-state index contributed by atoms with van der Waals surface area (Å²) >= 11 is 0. The molecule has 0 N–H and O–H groups in total. The summed E-state index contributed by atoms with van der Waals surface area (Å²) < 4.78 is 33.4. The van der Waals surface area contributed by atoms with Crippen molar-refractivity contribution < 1.29 is 17.6 Å². The summed E-state index contributed by atoms with van der Waals surface area (Å²) in [5.41, 5.74) is 0.518. The van der Waals surface area contributed by atoms with Gasteiger partial charge in [-0.25, -0.2) is 8.42 Å². The monoisotopic (exact) mass is 392 g/mol. The molecule has 2 unspecified atom stereocenters. The van der Waals surface area contributed by atoms with Crippen LogP contribution in [-0.4, -0.2) is 49.7 Å². The lowest BCUT2D eigenvalue weighted by Crippen LogP contribution is -2.42. The van der Waals surface area contributed by atoms with Crippen LogP contribution in [0.4, 0.5) is 0 Å². The zero-order valence-corrected chi connectivity index (χ0v) is 17.3. The van der Waals surface area contributed by atoms with Crippen LogP contribution in [0.5, 0.6) is 0 Å². The Morgan fingerprint density at radius 3 is 2.37 bits per heavy atom. The van der Waals surface area contributed by atoms with Crippen LogP contribution in [0.25, 0.3) is 11.0 Å². The second-order valence-electron chi connectivity index (χ2n) is 7.56. The Hall–Kier alpha value is -1.86. The molecule has 1 aromatic heterocycles. The number of carbonyl (C=O) groups is 1. The number of carbonyl (C=O) groups excluding carboxylic acids is 1. The lowest BCUT2D eigenvalue weighted by Gasteiger charge is -2.34. The molecule has 0 saturated carbocycles.